The molecule has 0 spiro atoms. The van der Waals surface area contributed by atoms with Gasteiger partial charge in [-0.2, -0.15) is 0 Å². The Morgan fingerprint density at radius 1 is 0.565 bits per heavy atom. The van der Waals surface area contributed by atoms with E-state index in [0.29, 0.717) is 5.95 Å². The molecule has 296 valence electrons. The Morgan fingerprint density at radius 3 is 1.95 bits per heavy atom. The van der Waals surface area contributed by atoms with Crippen LogP contribution in [0.15, 0.2) is 194 Å². The summed E-state index contributed by atoms with van der Waals surface area (Å²) in [4.78, 5) is 18.4. The van der Waals surface area contributed by atoms with Crippen LogP contribution in [-0.2, 0) is 5.41 Å². The fraction of sp³-hybridized carbons (Fsp3) is 0.0893. The van der Waals surface area contributed by atoms with E-state index in [9.17, 15) is 0 Å². The number of para-hydroxylation sites is 2. The molecule has 4 heterocycles. The average Bonchev–Trinajstić information content (AvgIpc) is 3.92. The Labute approximate surface area is 364 Å². The molecular formula is C56H41N5S. The van der Waals surface area contributed by atoms with Crippen molar-refractivity contribution in [1.82, 2.24) is 19.5 Å². The van der Waals surface area contributed by atoms with Crippen LogP contribution in [0.25, 0.3) is 71.6 Å². The molecule has 1 aliphatic heterocycles. The van der Waals surface area contributed by atoms with E-state index in [-0.39, 0.29) is 11.3 Å². The molecule has 2 aliphatic rings. The van der Waals surface area contributed by atoms with Crippen LogP contribution in [0.2, 0.25) is 0 Å². The molecule has 0 fully saturated rings. The van der Waals surface area contributed by atoms with Gasteiger partial charge in [0.1, 0.15) is 5.01 Å². The molecule has 3 aromatic heterocycles. The molecule has 1 unspecified atom stereocenters. The van der Waals surface area contributed by atoms with E-state index in [2.05, 4.69) is 205 Å². The summed E-state index contributed by atoms with van der Waals surface area (Å²) in [6, 6.07) is 60.9. The lowest BCUT2D eigenvalue weighted by Crippen LogP contribution is -2.30. The topological polar surface area (TPSA) is 46.8 Å². The van der Waals surface area contributed by atoms with Gasteiger partial charge >= 0.3 is 0 Å². The molecule has 0 saturated heterocycles. The summed E-state index contributed by atoms with van der Waals surface area (Å²) >= 11 is 1.79. The Balaban J connectivity index is 1.09. The molecule has 1 aliphatic carbocycles. The Morgan fingerprint density at radius 2 is 1.23 bits per heavy atom. The summed E-state index contributed by atoms with van der Waals surface area (Å²) in [5, 5.41) is 3.43. The van der Waals surface area contributed by atoms with Crippen molar-refractivity contribution in [2.45, 2.75) is 31.6 Å². The van der Waals surface area contributed by atoms with Crippen molar-refractivity contribution >= 4 is 60.4 Å². The zero-order chi connectivity index (χ0) is 41.4. The van der Waals surface area contributed by atoms with Crippen molar-refractivity contribution in [1.29, 1.82) is 0 Å². The van der Waals surface area contributed by atoms with Crippen LogP contribution in [0.3, 0.4) is 0 Å². The number of aromatic nitrogens is 4. The lowest BCUT2D eigenvalue weighted by Gasteiger charge is -2.42. The third-order valence-electron chi connectivity index (χ3n) is 12.7. The van der Waals surface area contributed by atoms with Crippen LogP contribution in [0.4, 0.5) is 17.1 Å². The highest BCUT2D eigenvalue weighted by molar-refractivity contribution is 7.19. The van der Waals surface area contributed by atoms with Gasteiger partial charge < -0.3 is 4.90 Å². The summed E-state index contributed by atoms with van der Waals surface area (Å²) < 4.78 is 3.43. The van der Waals surface area contributed by atoms with Crippen molar-refractivity contribution in [3.05, 3.63) is 210 Å². The predicted octanol–water partition coefficient (Wildman–Crippen LogP) is 14.9. The van der Waals surface area contributed by atoms with Crippen molar-refractivity contribution in [3.8, 4) is 39.6 Å². The normalized spacial score (nSPS) is 15.3. The number of anilines is 3. The van der Waals surface area contributed by atoms with Crippen molar-refractivity contribution in [2.24, 2.45) is 0 Å². The quantitative estimate of drug-likeness (QED) is 0.168. The molecule has 7 aromatic carbocycles. The summed E-state index contributed by atoms with van der Waals surface area (Å²) in [7, 11) is 0. The number of allylic oxidation sites excluding steroid dienone is 4. The second-order valence-electron chi connectivity index (χ2n) is 16.8. The summed E-state index contributed by atoms with van der Waals surface area (Å²) in [6.45, 7) is 4.71. The molecule has 10 aromatic rings. The number of hydrogen-bond acceptors (Lipinski definition) is 5. The molecule has 12 rings (SSSR count). The van der Waals surface area contributed by atoms with Gasteiger partial charge in [-0.3, -0.25) is 4.57 Å². The van der Waals surface area contributed by atoms with Gasteiger partial charge in [0.15, 0.2) is 0 Å². The van der Waals surface area contributed by atoms with Crippen LogP contribution < -0.4 is 4.90 Å². The first kappa shape index (κ1) is 36.4. The first-order valence-electron chi connectivity index (χ1n) is 21.3. The number of nitrogens with zero attached hydrogens (tertiary/aromatic N) is 5. The number of benzene rings is 7. The SMILES string of the molecule is CC1(C)c2ccccc2N(c2ccccc2)c2ccc(-c3ccc4c(c3)c3ccc5nc(C6C=CC=CC6)sc5c3n4-c3nc(-c4ccccc4)cc(-c4ccccc4)n3)cc21. The fourth-order valence-corrected chi connectivity index (χ4v) is 10.8. The van der Waals surface area contributed by atoms with Gasteiger partial charge in [-0.05, 0) is 89.3 Å². The van der Waals surface area contributed by atoms with E-state index >= 15 is 0 Å². The largest absolute Gasteiger partial charge is 0.310 e. The van der Waals surface area contributed by atoms with E-state index in [0.717, 1.165) is 77.2 Å². The maximum Gasteiger partial charge on any atom is 0.235 e. The second kappa shape index (κ2) is 14.4. The fourth-order valence-electron chi connectivity index (χ4n) is 9.60. The maximum atomic E-state index is 5.38. The minimum Gasteiger partial charge on any atom is -0.310 e. The first-order valence-corrected chi connectivity index (χ1v) is 22.1. The smallest absolute Gasteiger partial charge is 0.235 e. The molecule has 0 amide bonds. The lowest BCUT2D eigenvalue weighted by molar-refractivity contribution is 0.632. The van der Waals surface area contributed by atoms with Gasteiger partial charge in [-0.1, -0.05) is 147 Å². The number of rotatable bonds is 6. The van der Waals surface area contributed by atoms with Crippen LogP contribution in [0.5, 0.6) is 0 Å². The average molecular weight is 816 g/mol. The van der Waals surface area contributed by atoms with Gasteiger partial charge in [0.05, 0.1) is 44.0 Å². The lowest BCUT2D eigenvalue weighted by atomic mass is 9.73. The van der Waals surface area contributed by atoms with E-state index in [4.69, 9.17) is 15.0 Å². The summed E-state index contributed by atoms with van der Waals surface area (Å²) in [5.74, 6) is 0.883. The Kier molecular flexibility index (Phi) is 8.44. The number of fused-ring (bicyclic) bond motifs is 7. The highest BCUT2D eigenvalue weighted by Gasteiger charge is 2.37. The standard InChI is InChI=1S/C56H41N5S/c1-56(2)44-25-15-16-26-50(44)60(41-23-13-6-14-24-41)51-32-28-40(34-45(51)56)39-27-31-49-43(33-39)42-29-30-46-53(62-54(57-46)38-21-11-5-12-22-38)52(42)61(49)55-58-47(36-17-7-3-8-18-36)35-48(59-55)37-19-9-4-10-20-37/h3-21,23-35,38H,22H2,1-2H3. The molecule has 1 atom stereocenters. The maximum absolute atomic E-state index is 5.38. The third kappa shape index (κ3) is 5.86. The highest BCUT2D eigenvalue weighted by Crippen LogP contribution is 2.53. The van der Waals surface area contributed by atoms with Gasteiger partial charge in [-0.25, -0.2) is 15.0 Å². The summed E-state index contributed by atoms with van der Waals surface area (Å²) in [6.07, 6.45) is 9.72. The van der Waals surface area contributed by atoms with Gasteiger partial charge in [0.2, 0.25) is 5.95 Å². The van der Waals surface area contributed by atoms with Gasteiger partial charge in [-0.15, -0.1) is 11.3 Å². The van der Waals surface area contributed by atoms with Crippen LogP contribution >= 0.6 is 11.3 Å². The summed E-state index contributed by atoms with van der Waals surface area (Å²) in [5.41, 5.74) is 15.3. The molecule has 6 heteroatoms. The molecule has 0 saturated carbocycles. The molecular weight excluding hydrogens is 775 g/mol. The van der Waals surface area contributed by atoms with Crippen molar-refractivity contribution in [3.63, 3.8) is 0 Å². The molecule has 5 nitrogen and oxygen atoms in total. The zero-order valence-corrected chi connectivity index (χ0v) is 35.2. The van der Waals surface area contributed by atoms with Crippen molar-refractivity contribution < 1.29 is 0 Å². The van der Waals surface area contributed by atoms with E-state index in [1.165, 1.54) is 28.1 Å². The van der Waals surface area contributed by atoms with E-state index in [1.54, 1.807) is 11.3 Å². The molecule has 0 radical (unpaired) electrons. The highest BCUT2D eigenvalue weighted by atomic mass is 32.1. The van der Waals surface area contributed by atoms with Crippen LogP contribution in [0, 0.1) is 0 Å². The molecule has 62 heavy (non-hydrogen) atoms. The molecule has 0 bridgehead atoms. The minimum atomic E-state index is -0.219. The zero-order valence-electron chi connectivity index (χ0n) is 34.4. The first-order chi connectivity index (χ1) is 30.5. The number of thiazole rings is 1. The van der Waals surface area contributed by atoms with E-state index in [1.807, 2.05) is 12.1 Å². The third-order valence-corrected chi connectivity index (χ3v) is 13.9. The number of hydrogen-bond donors (Lipinski definition) is 0. The minimum absolute atomic E-state index is 0.219. The predicted molar refractivity (Wildman–Crippen MR) is 258 cm³/mol. The van der Waals surface area contributed by atoms with E-state index < -0.39 is 0 Å². The van der Waals surface area contributed by atoms with Gasteiger partial charge in [0, 0.05) is 38.9 Å². The van der Waals surface area contributed by atoms with Crippen LogP contribution in [0.1, 0.15) is 42.3 Å². The van der Waals surface area contributed by atoms with Crippen molar-refractivity contribution in [2.75, 3.05) is 4.90 Å². The second-order valence-corrected chi connectivity index (χ2v) is 17.8. The van der Waals surface area contributed by atoms with Crippen LogP contribution in [-0.4, -0.2) is 19.5 Å². The molecule has 0 N–H and O–H groups in total. The Hall–Kier alpha value is -7.41. The monoisotopic (exact) mass is 815 g/mol. The van der Waals surface area contributed by atoms with Gasteiger partial charge in [0.25, 0.3) is 0 Å². The Bertz CT molecular complexity index is 3360.